The van der Waals surface area contributed by atoms with E-state index in [2.05, 4.69) is 12.2 Å². The van der Waals surface area contributed by atoms with E-state index in [9.17, 15) is 9.59 Å². The van der Waals surface area contributed by atoms with Crippen molar-refractivity contribution in [3.8, 4) is 0 Å². The minimum Gasteiger partial charge on any atom is -0.448 e. The molecule has 110 valence electrons. The molecule has 1 aromatic heterocycles. The fourth-order valence-electron chi connectivity index (χ4n) is 2.50. The zero-order valence-electron chi connectivity index (χ0n) is 11.9. The number of rotatable bonds is 4. The summed E-state index contributed by atoms with van der Waals surface area (Å²) >= 11 is 1.31. The van der Waals surface area contributed by atoms with Gasteiger partial charge in [-0.25, -0.2) is 4.79 Å². The maximum absolute atomic E-state index is 12.1. The number of carbonyl (C=O) groups excluding carboxylic acids is 2. The molecular weight excluding hydrogens is 274 g/mol. The molecule has 0 radical (unpaired) electrons. The molecule has 3 atom stereocenters. The first-order valence-electron chi connectivity index (χ1n) is 7.13. The van der Waals surface area contributed by atoms with Crippen molar-refractivity contribution >= 4 is 23.2 Å². The van der Waals surface area contributed by atoms with Gasteiger partial charge in [-0.15, -0.1) is 11.3 Å². The van der Waals surface area contributed by atoms with Gasteiger partial charge in [0, 0.05) is 6.04 Å². The number of nitrogens with one attached hydrogen (secondary N) is 1. The first kappa shape index (κ1) is 15.0. The molecule has 1 aromatic rings. The van der Waals surface area contributed by atoms with Crippen LogP contribution in [0.2, 0.25) is 0 Å². The lowest BCUT2D eigenvalue weighted by Crippen LogP contribution is -2.45. The molecule has 20 heavy (non-hydrogen) atoms. The average Bonchev–Trinajstić information content (AvgIpc) is 2.95. The van der Waals surface area contributed by atoms with Crippen molar-refractivity contribution in [3.05, 3.63) is 22.4 Å². The van der Waals surface area contributed by atoms with Gasteiger partial charge in [0.2, 0.25) is 0 Å². The summed E-state index contributed by atoms with van der Waals surface area (Å²) in [4.78, 5) is 24.4. The van der Waals surface area contributed by atoms with Gasteiger partial charge in [0.15, 0.2) is 6.10 Å². The molecule has 1 aliphatic carbocycles. The predicted molar refractivity (Wildman–Crippen MR) is 78.8 cm³/mol. The molecule has 0 aliphatic heterocycles. The molecule has 0 aromatic carbocycles. The third-order valence-electron chi connectivity index (χ3n) is 3.81. The zero-order valence-corrected chi connectivity index (χ0v) is 12.7. The molecule has 4 nitrogen and oxygen atoms in total. The SMILES string of the molecule is C[C@@H]1CCCC[C@H]1NC(=O)[C@@H](C)OC(=O)c1cccs1. The Morgan fingerprint density at radius 1 is 1.40 bits per heavy atom. The van der Waals surface area contributed by atoms with E-state index in [-0.39, 0.29) is 11.9 Å². The highest BCUT2D eigenvalue weighted by Crippen LogP contribution is 2.23. The number of ether oxygens (including phenoxy) is 1. The first-order chi connectivity index (χ1) is 9.58. The largest absolute Gasteiger partial charge is 0.448 e. The normalized spacial score (nSPS) is 23.9. The Labute approximate surface area is 123 Å². The minimum atomic E-state index is -0.751. The Morgan fingerprint density at radius 3 is 2.80 bits per heavy atom. The van der Waals surface area contributed by atoms with Crippen molar-refractivity contribution in [1.29, 1.82) is 0 Å². The van der Waals surface area contributed by atoms with Crippen molar-refractivity contribution in [2.45, 2.75) is 51.7 Å². The highest BCUT2D eigenvalue weighted by Gasteiger charge is 2.26. The second-order valence-electron chi connectivity index (χ2n) is 5.40. The molecule has 0 spiro atoms. The van der Waals surface area contributed by atoms with E-state index in [1.807, 2.05) is 5.38 Å². The Balaban J connectivity index is 1.84. The van der Waals surface area contributed by atoms with E-state index in [0.29, 0.717) is 10.8 Å². The fraction of sp³-hybridized carbons (Fsp3) is 0.600. The standard InChI is InChI=1S/C15H21NO3S/c1-10-6-3-4-7-12(10)16-14(17)11(2)19-15(18)13-8-5-9-20-13/h5,8-12H,3-4,6-7H2,1-2H3,(H,16,17)/t10-,11-,12-/m1/s1. The summed E-state index contributed by atoms with van der Waals surface area (Å²) in [6.45, 7) is 3.78. The van der Waals surface area contributed by atoms with Crippen LogP contribution in [0, 0.1) is 5.92 Å². The Kier molecular flexibility index (Phi) is 5.17. The molecule has 1 N–H and O–H groups in total. The van der Waals surface area contributed by atoms with E-state index in [0.717, 1.165) is 19.3 Å². The highest BCUT2D eigenvalue weighted by atomic mass is 32.1. The summed E-state index contributed by atoms with van der Waals surface area (Å²) in [5, 5.41) is 4.82. The van der Waals surface area contributed by atoms with Gasteiger partial charge in [-0.2, -0.15) is 0 Å². The van der Waals surface area contributed by atoms with Gasteiger partial charge in [0.25, 0.3) is 5.91 Å². The number of thiophene rings is 1. The van der Waals surface area contributed by atoms with Gasteiger partial charge in [0.05, 0.1) is 0 Å². The van der Waals surface area contributed by atoms with Crippen LogP contribution in [-0.4, -0.2) is 24.0 Å². The van der Waals surface area contributed by atoms with Crippen LogP contribution in [0.3, 0.4) is 0 Å². The smallest absolute Gasteiger partial charge is 0.349 e. The summed E-state index contributed by atoms with van der Waals surface area (Å²) in [6.07, 6.45) is 3.79. The number of carbonyl (C=O) groups is 2. The van der Waals surface area contributed by atoms with Crippen LogP contribution in [-0.2, 0) is 9.53 Å². The lowest BCUT2D eigenvalue weighted by atomic mass is 9.86. The number of hydrogen-bond donors (Lipinski definition) is 1. The first-order valence-corrected chi connectivity index (χ1v) is 8.00. The quantitative estimate of drug-likeness (QED) is 0.869. The van der Waals surface area contributed by atoms with Crippen molar-refractivity contribution in [2.75, 3.05) is 0 Å². The molecule has 0 bridgehead atoms. The molecule has 1 aliphatic rings. The van der Waals surface area contributed by atoms with E-state index in [1.165, 1.54) is 17.8 Å². The van der Waals surface area contributed by atoms with E-state index in [4.69, 9.17) is 4.74 Å². The van der Waals surface area contributed by atoms with Crippen molar-refractivity contribution < 1.29 is 14.3 Å². The molecule has 1 amide bonds. The van der Waals surface area contributed by atoms with Crippen LogP contribution in [0.15, 0.2) is 17.5 Å². The molecule has 0 unspecified atom stereocenters. The van der Waals surface area contributed by atoms with Gasteiger partial charge in [-0.1, -0.05) is 25.8 Å². The number of amides is 1. The maximum atomic E-state index is 12.1. The zero-order chi connectivity index (χ0) is 14.5. The Hall–Kier alpha value is -1.36. The molecule has 1 fully saturated rings. The summed E-state index contributed by atoms with van der Waals surface area (Å²) in [5.41, 5.74) is 0. The third kappa shape index (κ3) is 3.82. The molecular formula is C15H21NO3S. The third-order valence-corrected chi connectivity index (χ3v) is 4.66. The maximum Gasteiger partial charge on any atom is 0.349 e. The number of hydrogen-bond acceptors (Lipinski definition) is 4. The van der Waals surface area contributed by atoms with Gasteiger partial charge >= 0.3 is 5.97 Å². The Bertz CT molecular complexity index is 458. The number of esters is 1. The summed E-state index contributed by atoms with van der Waals surface area (Å²) in [5.74, 6) is -0.138. The predicted octanol–water partition coefficient (Wildman–Crippen LogP) is 2.99. The average molecular weight is 295 g/mol. The molecule has 2 rings (SSSR count). The lowest BCUT2D eigenvalue weighted by molar-refractivity contribution is -0.130. The summed E-state index contributed by atoms with van der Waals surface area (Å²) in [7, 11) is 0. The molecule has 0 saturated heterocycles. The highest BCUT2D eigenvalue weighted by molar-refractivity contribution is 7.11. The fourth-order valence-corrected chi connectivity index (χ4v) is 3.10. The summed E-state index contributed by atoms with van der Waals surface area (Å²) < 4.78 is 5.19. The van der Waals surface area contributed by atoms with E-state index in [1.54, 1.807) is 19.1 Å². The minimum absolute atomic E-state index is 0.200. The van der Waals surface area contributed by atoms with Gasteiger partial charge in [0.1, 0.15) is 4.88 Å². The molecule has 1 saturated carbocycles. The van der Waals surface area contributed by atoms with Crippen molar-refractivity contribution in [2.24, 2.45) is 5.92 Å². The Morgan fingerprint density at radius 2 is 2.15 bits per heavy atom. The molecule has 1 heterocycles. The van der Waals surface area contributed by atoms with E-state index >= 15 is 0 Å². The van der Waals surface area contributed by atoms with Gasteiger partial charge in [-0.05, 0) is 37.1 Å². The van der Waals surface area contributed by atoms with Crippen LogP contribution in [0.4, 0.5) is 0 Å². The van der Waals surface area contributed by atoms with Crippen LogP contribution in [0.1, 0.15) is 49.2 Å². The van der Waals surface area contributed by atoms with Crippen LogP contribution < -0.4 is 5.32 Å². The van der Waals surface area contributed by atoms with Crippen LogP contribution in [0.5, 0.6) is 0 Å². The van der Waals surface area contributed by atoms with Crippen LogP contribution in [0.25, 0.3) is 0 Å². The van der Waals surface area contributed by atoms with Crippen molar-refractivity contribution in [1.82, 2.24) is 5.32 Å². The second-order valence-corrected chi connectivity index (χ2v) is 6.35. The monoisotopic (exact) mass is 295 g/mol. The van der Waals surface area contributed by atoms with Crippen LogP contribution >= 0.6 is 11.3 Å². The summed E-state index contributed by atoms with van der Waals surface area (Å²) in [6, 6.07) is 3.69. The lowest BCUT2D eigenvalue weighted by Gasteiger charge is -2.30. The topological polar surface area (TPSA) is 55.4 Å². The van der Waals surface area contributed by atoms with Crippen molar-refractivity contribution in [3.63, 3.8) is 0 Å². The second kappa shape index (κ2) is 6.88. The van der Waals surface area contributed by atoms with E-state index < -0.39 is 12.1 Å². The van der Waals surface area contributed by atoms with Gasteiger partial charge < -0.3 is 10.1 Å². The van der Waals surface area contributed by atoms with Gasteiger partial charge in [-0.3, -0.25) is 4.79 Å². The molecule has 5 heteroatoms.